The molecule has 26 heavy (non-hydrogen) atoms. The van der Waals surface area contributed by atoms with Gasteiger partial charge in [0.15, 0.2) is 0 Å². The Balaban J connectivity index is 2.00. The molecule has 1 aromatic carbocycles. The molecule has 1 amide bonds. The molecule has 130 valence electrons. The second-order valence-corrected chi connectivity index (χ2v) is 5.42. The largest absolute Gasteiger partial charge is 0.487 e. The first-order valence-corrected chi connectivity index (χ1v) is 8.01. The highest BCUT2D eigenvalue weighted by Gasteiger charge is 2.07. The maximum atomic E-state index is 11.7. The monoisotopic (exact) mass is 346 g/mol. The summed E-state index contributed by atoms with van der Waals surface area (Å²) in [5, 5.41) is 0. The number of nitrogens with two attached hydrogens (primary N) is 1. The van der Waals surface area contributed by atoms with Gasteiger partial charge in [0.2, 0.25) is 0 Å². The van der Waals surface area contributed by atoms with Crippen molar-refractivity contribution in [2.24, 2.45) is 15.7 Å². The van der Waals surface area contributed by atoms with Gasteiger partial charge in [0.25, 0.3) is 5.91 Å². The van der Waals surface area contributed by atoms with E-state index in [-0.39, 0.29) is 5.57 Å². The minimum atomic E-state index is -0.561. The fraction of sp³-hybridized carbons (Fsp3) is 0.0500. The number of para-hydroxylation sites is 1. The summed E-state index contributed by atoms with van der Waals surface area (Å²) in [5.74, 6) is 0.162. The van der Waals surface area contributed by atoms with Crippen LogP contribution in [0, 0.1) is 0 Å². The molecular weight excluding hydrogens is 328 g/mol. The van der Waals surface area contributed by atoms with Crippen molar-refractivity contribution in [3.8, 4) is 5.75 Å². The highest BCUT2D eigenvalue weighted by Crippen LogP contribution is 2.18. The van der Waals surface area contributed by atoms with Gasteiger partial charge in [-0.3, -0.25) is 14.8 Å². The van der Waals surface area contributed by atoms with E-state index >= 15 is 0 Å². The van der Waals surface area contributed by atoms with Crippen molar-refractivity contribution < 1.29 is 9.53 Å². The molecule has 0 saturated carbocycles. The molecule has 0 unspecified atom stereocenters. The van der Waals surface area contributed by atoms with Crippen molar-refractivity contribution in [1.29, 1.82) is 0 Å². The summed E-state index contributed by atoms with van der Waals surface area (Å²) in [7, 11) is 0. The summed E-state index contributed by atoms with van der Waals surface area (Å²) in [6, 6.07) is 11.4. The summed E-state index contributed by atoms with van der Waals surface area (Å²) >= 11 is 0. The minimum Gasteiger partial charge on any atom is -0.487 e. The Hall–Kier alpha value is -3.67. The molecular formula is C20H18N4O2. The quantitative estimate of drug-likeness (QED) is 0.861. The first kappa shape index (κ1) is 17.2. The topological polar surface area (TPSA) is 82.0 Å². The third-order valence-corrected chi connectivity index (χ3v) is 3.61. The Morgan fingerprint density at radius 1 is 1.04 bits per heavy atom. The molecule has 0 bridgehead atoms. The fourth-order valence-corrected chi connectivity index (χ4v) is 2.30. The van der Waals surface area contributed by atoms with E-state index < -0.39 is 5.91 Å². The van der Waals surface area contributed by atoms with Gasteiger partial charge in [0, 0.05) is 42.8 Å². The Morgan fingerprint density at radius 2 is 1.81 bits per heavy atom. The van der Waals surface area contributed by atoms with Gasteiger partial charge >= 0.3 is 0 Å². The SMILES string of the molecule is NC(=O)C1=C\n2cccc2COc2ccccc2C=N\C=C/C=C\N=C/1. The number of allylic oxidation sites excluding steroid dienone is 2. The number of hydrogen-bond donors (Lipinski definition) is 1. The van der Waals surface area contributed by atoms with Crippen molar-refractivity contribution in [1.82, 2.24) is 4.57 Å². The normalized spacial score (nSPS) is 19.9. The van der Waals surface area contributed by atoms with Crippen molar-refractivity contribution >= 4 is 24.5 Å². The molecule has 3 rings (SSSR count). The summed E-state index contributed by atoms with van der Waals surface area (Å²) in [6.45, 7) is 0.327. The van der Waals surface area contributed by atoms with Crippen LogP contribution in [0.3, 0.4) is 0 Å². The lowest BCUT2D eigenvalue weighted by atomic mass is 10.2. The Kier molecular flexibility index (Phi) is 5.57. The standard InChI is InChI=1S/C20H18N4O2/c21-20(25)17-13-23-10-4-3-9-22-12-16-6-1-2-8-19(16)26-15-18-7-5-11-24(18)14-17/h1-14H,15H2,(H2,21,25)/b9-3-,10-4-,17-14+,22-12?,23-13-. The molecule has 1 aliphatic rings. The van der Waals surface area contributed by atoms with Crippen LogP contribution in [0.5, 0.6) is 5.75 Å². The van der Waals surface area contributed by atoms with E-state index in [2.05, 4.69) is 9.98 Å². The molecule has 6 nitrogen and oxygen atoms in total. The van der Waals surface area contributed by atoms with Gasteiger partial charge in [-0.2, -0.15) is 0 Å². The summed E-state index contributed by atoms with van der Waals surface area (Å²) in [5.41, 5.74) is 7.46. The predicted octanol–water partition coefficient (Wildman–Crippen LogP) is 2.92. The van der Waals surface area contributed by atoms with Crippen LogP contribution in [0.4, 0.5) is 0 Å². The number of aromatic nitrogens is 1. The molecule has 2 N–H and O–H groups in total. The third-order valence-electron chi connectivity index (χ3n) is 3.61. The van der Waals surface area contributed by atoms with Crippen molar-refractivity contribution in [3.63, 3.8) is 0 Å². The second-order valence-electron chi connectivity index (χ2n) is 5.42. The van der Waals surface area contributed by atoms with E-state index in [1.807, 2.05) is 42.6 Å². The number of amides is 1. The van der Waals surface area contributed by atoms with Crippen LogP contribution in [0.25, 0.3) is 6.20 Å². The molecule has 0 radical (unpaired) electrons. The maximum Gasteiger partial charge on any atom is 0.251 e. The predicted molar refractivity (Wildman–Crippen MR) is 103 cm³/mol. The Labute approximate surface area is 151 Å². The van der Waals surface area contributed by atoms with Gasteiger partial charge in [0.05, 0.1) is 11.3 Å². The number of hydrogen-bond acceptors (Lipinski definition) is 4. The smallest absolute Gasteiger partial charge is 0.251 e. The van der Waals surface area contributed by atoms with Gasteiger partial charge < -0.3 is 15.0 Å². The molecule has 2 aromatic rings. The number of rotatable bonds is 1. The van der Waals surface area contributed by atoms with Crippen LogP contribution in [-0.4, -0.2) is 22.9 Å². The highest BCUT2D eigenvalue weighted by molar-refractivity contribution is 6.14. The average molecular weight is 346 g/mol. The van der Waals surface area contributed by atoms with Gasteiger partial charge in [-0.15, -0.1) is 0 Å². The molecule has 0 aliphatic carbocycles. The molecule has 0 spiro atoms. The zero-order valence-electron chi connectivity index (χ0n) is 14.0. The number of carbonyl (C=O) groups is 1. The highest BCUT2D eigenvalue weighted by atomic mass is 16.5. The molecule has 0 atom stereocenters. The molecule has 2 heterocycles. The number of carbonyl (C=O) groups excluding carboxylic acids is 1. The zero-order valence-corrected chi connectivity index (χ0v) is 14.0. The number of nitrogens with zero attached hydrogens (tertiary/aromatic N) is 3. The second kappa shape index (κ2) is 8.43. The lowest BCUT2D eigenvalue weighted by Crippen LogP contribution is -2.16. The van der Waals surface area contributed by atoms with Gasteiger partial charge in [-0.25, -0.2) is 0 Å². The summed E-state index contributed by atoms with van der Waals surface area (Å²) in [4.78, 5) is 20.0. The van der Waals surface area contributed by atoms with Crippen molar-refractivity contribution in [2.45, 2.75) is 6.61 Å². The lowest BCUT2D eigenvalue weighted by Gasteiger charge is -2.10. The van der Waals surface area contributed by atoms with Crippen LogP contribution in [-0.2, 0) is 11.4 Å². The number of ether oxygens (including phenoxy) is 1. The number of fused-ring (bicyclic) bond motifs is 2. The number of primary amides is 1. The van der Waals surface area contributed by atoms with E-state index in [4.69, 9.17) is 10.5 Å². The van der Waals surface area contributed by atoms with Gasteiger partial charge in [-0.05, 0) is 36.4 Å². The first-order valence-electron chi connectivity index (χ1n) is 8.01. The van der Waals surface area contributed by atoms with Crippen LogP contribution in [0.15, 0.2) is 82.7 Å². The zero-order chi connectivity index (χ0) is 18.2. The van der Waals surface area contributed by atoms with Crippen molar-refractivity contribution in [2.75, 3.05) is 0 Å². The van der Waals surface area contributed by atoms with Crippen molar-refractivity contribution in [3.05, 3.63) is 84.0 Å². The average Bonchev–Trinajstić information content (AvgIpc) is 3.08. The summed E-state index contributed by atoms with van der Waals surface area (Å²) in [6.07, 6.45) is 13.3. The molecule has 6 heteroatoms. The Morgan fingerprint density at radius 3 is 2.62 bits per heavy atom. The van der Waals surface area contributed by atoms with Gasteiger partial charge in [-0.1, -0.05) is 12.1 Å². The van der Waals surface area contributed by atoms with Crippen LogP contribution < -0.4 is 10.5 Å². The minimum absolute atomic E-state index is 0.279. The molecule has 0 saturated heterocycles. The first-order chi connectivity index (χ1) is 12.7. The summed E-state index contributed by atoms with van der Waals surface area (Å²) < 4.78 is 7.73. The van der Waals surface area contributed by atoms with Crippen LogP contribution in [0.1, 0.15) is 11.3 Å². The van der Waals surface area contributed by atoms with E-state index in [9.17, 15) is 4.79 Å². The van der Waals surface area contributed by atoms with Crippen LogP contribution in [0.2, 0.25) is 0 Å². The Bertz CT molecular complexity index is 933. The van der Waals surface area contributed by atoms with E-state index in [0.29, 0.717) is 6.61 Å². The molecule has 0 fully saturated rings. The fourth-order valence-electron chi connectivity index (χ4n) is 2.30. The van der Waals surface area contributed by atoms with E-state index in [1.165, 1.54) is 6.21 Å². The lowest BCUT2D eigenvalue weighted by molar-refractivity contribution is -0.114. The van der Waals surface area contributed by atoms with Gasteiger partial charge in [0.1, 0.15) is 12.4 Å². The van der Waals surface area contributed by atoms with E-state index in [0.717, 1.165) is 17.0 Å². The number of aliphatic imine (C=N–C) groups is 2. The molecule has 1 aromatic heterocycles. The number of benzene rings is 1. The molecule has 1 aliphatic heterocycles. The van der Waals surface area contributed by atoms with Crippen LogP contribution >= 0.6 is 0 Å². The third kappa shape index (κ3) is 4.45. The van der Waals surface area contributed by atoms with E-state index in [1.54, 1.807) is 41.5 Å². The maximum absolute atomic E-state index is 11.7.